The molecule has 1 aromatic heterocycles. The molecule has 6 nitrogen and oxygen atoms in total. The Balaban J connectivity index is 1.22. The largest absolute Gasteiger partial charge is 0.352 e. The number of carbonyl (C=O) groups excluding carboxylic acids is 2. The molecule has 0 bridgehead atoms. The van der Waals surface area contributed by atoms with Crippen molar-refractivity contribution in [1.29, 1.82) is 0 Å². The number of aromatic nitrogens is 3. The molecule has 0 spiro atoms. The van der Waals surface area contributed by atoms with Gasteiger partial charge in [-0.2, -0.15) is 0 Å². The molecular weight excluding hydrogens is 607 g/mol. The predicted molar refractivity (Wildman–Crippen MR) is 147 cm³/mol. The Morgan fingerprint density at radius 3 is 2.72 bits per heavy atom. The number of nitrogens with zero attached hydrogens (tertiary/aromatic N) is 2. The van der Waals surface area contributed by atoms with Crippen LogP contribution in [0.25, 0.3) is 6.08 Å². The highest BCUT2D eigenvalue weighted by atomic mass is 79.9. The van der Waals surface area contributed by atoms with E-state index < -0.39 is 5.92 Å². The van der Waals surface area contributed by atoms with Crippen LogP contribution in [-0.2, 0) is 4.79 Å². The molecule has 2 N–H and O–H groups in total. The van der Waals surface area contributed by atoms with E-state index in [2.05, 4.69) is 36.4 Å². The van der Waals surface area contributed by atoms with E-state index in [0.717, 1.165) is 21.2 Å². The molecule has 2 aliphatic carbocycles. The Morgan fingerprint density at radius 2 is 2.00 bits per heavy atom. The minimum absolute atomic E-state index is 0.0402. The highest BCUT2D eigenvalue weighted by Crippen LogP contribution is 2.46. The Labute approximate surface area is 235 Å². The summed E-state index contributed by atoms with van der Waals surface area (Å²) in [5, 5.41) is 11.4. The molecule has 0 saturated heterocycles. The number of hydrogen-bond acceptors (Lipinski definition) is 5. The van der Waals surface area contributed by atoms with E-state index in [-0.39, 0.29) is 34.8 Å². The van der Waals surface area contributed by atoms with Crippen LogP contribution in [-0.4, -0.2) is 44.0 Å². The molecule has 186 valence electrons. The first-order valence-electron chi connectivity index (χ1n) is 11.2. The Bertz CT molecular complexity index is 1380. The average Bonchev–Trinajstić information content (AvgIpc) is 3.29. The van der Waals surface area contributed by atoms with Crippen LogP contribution in [0.2, 0.25) is 10.0 Å². The Hall–Kier alpha value is -1.84. The van der Waals surface area contributed by atoms with Gasteiger partial charge in [-0.1, -0.05) is 74.7 Å². The van der Waals surface area contributed by atoms with Crippen molar-refractivity contribution >= 4 is 80.3 Å². The zero-order valence-electron chi connectivity index (χ0n) is 18.9. The lowest BCUT2D eigenvalue weighted by Crippen LogP contribution is -2.52. The number of fused-ring (bicyclic) bond motifs is 1. The molecule has 5 rings (SSSR count). The zero-order chi connectivity index (χ0) is 25.6. The number of halogens is 4. The van der Waals surface area contributed by atoms with Crippen LogP contribution in [0, 0.1) is 0 Å². The lowest BCUT2D eigenvalue weighted by atomic mass is 9.74. The molecule has 4 atom stereocenters. The second kappa shape index (κ2) is 10.5. The third-order valence-corrected chi connectivity index (χ3v) is 8.90. The summed E-state index contributed by atoms with van der Waals surface area (Å²) in [7, 11) is 0. The van der Waals surface area contributed by atoms with Gasteiger partial charge in [0.25, 0.3) is 0 Å². The molecule has 0 radical (unpaired) electrons. The summed E-state index contributed by atoms with van der Waals surface area (Å²) in [4.78, 5) is 30.4. The predicted octanol–water partition coefficient (Wildman–Crippen LogP) is 6.63. The van der Waals surface area contributed by atoms with Gasteiger partial charge >= 0.3 is 0 Å². The van der Waals surface area contributed by atoms with Gasteiger partial charge in [0.1, 0.15) is 11.7 Å². The van der Waals surface area contributed by atoms with E-state index in [1.54, 1.807) is 18.2 Å². The maximum absolute atomic E-state index is 13.2. The van der Waals surface area contributed by atoms with Crippen molar-refractivity contribution in [1.82, 2.24) is 20.5 Å². The minimum Gasteiger partial charge on any atom is -0.352 e. The molecule has 1 heterocycles. The summed E-state index contributed by atoms with van der Waals surface area (Å²) in [6.45, 7) is 1.90. The van der Waals surface area contributed by atoms with Crippen LogP contribution >= 0.6 is 62.5 Å². The van der Waals surface area contributed by atoms with E-state index in [1.165, 1.54) is 11.8 Å². The van der Waals surface area contributed by atoms with E-state index in [1.807, 2.05) is 31.2 Å². The molecule has 1 amide bonds. The normalized spacial score (nSPS) is 23.0. The third-order valence-electron chi connectivity index (χ3n) is 6.45. The number of hydrogen-bond donors (Lipinski definition) is 2. The molecule has 3 aromatic rings. The molecule has 36 heavy (non-hydrogen) atoms. The second-order valence-corrected chi connectivity index (χ2v) is 12.0. The second-order valence-electron chi connectivity index (χ2n) is 8.80. The fourth-order valence-corrected chi connectivity index (χ4v) is 6.80. The van der Waals surface area contributed by atoms with Crippen LogP contribution in [0.1, 0.15) is 52.5 Å². The van der Waals surface area contributed by atoms with Gasteiger partial charge in [0.15, 0.2) is 5.78 Å². The van der Waals surface area contributed by atoms with Gasteiger partial charge in [0, 0.05) is 37.4 Å². The smallest absolute Gasteiger partial charge is 0.230 e. The number of aromatic amines is 1. The topological polar surface area (TPSA) is 87.7 Å². The summed E-state index contributed by atoms with van der Waals surface area (Å²) in [6.07, 6.45) is 2.61. The molecule has 1 fully saturated rings. The van der Waals surface area contributed by atoms with E-state index in [4.69, 9.17) is 34.8 Å². The van der Waals surface area contributed by atoms with Crippen molar-refractivity contribution < 1.29 is 9.59 Å². The number of allylic oxidation sites excluding steroid dienone is 1. The Kier molecular flexibility index (Phi) is 7.52. The standard InChI is InChI=1S/C25H20BrCl3N4O2S/c1-11-7-12-5-6-13(26)8-14(12)23(35)20(11)24-31-25(33-32-24)36-10-19(34)30-18-9-17(29)22(18)21-15(27)3-2-4-16(21)28/h2-8,17-18,20,22H,9-10H2,1H3,(H,30,34)(H,31,32,33). The van der Waals surface area contributed by atoms with Crippen molar-refractivity contribution in [2.45, 2.75) is 41.8 Å². The Morgan fingerprint density at radius 1 is 1.25 bits per heavy atom. The summed E-state index contributed by atoms with van der Waals surface area (Å²) in [5.74, 6) is -0.336. The highest BCUT2D eigenvalue weighted by molar-refractivity contribution is 9.10. The lowest BCUT2D eigenvalue weighted by Gasteiger charge is -2.42. The van der Waals surface area contributed by atoms with Gasteiger partial charge in [0.2, 0.25) is 11.1 Å². The lowest BCUT2D eigenvalue weighted by molar-refractivity contribution is -0.119. The SMILES string of the molecule is CC1=Cc2ccc(Br)cc2C(=O)C1c1nc(SCC(=O)NC2CC(Cl)C2c2c(Cl)cccc2Cl)n[nH]1. The number of thioether (sulfide) groups is 1. The van der Waals surface area contributed by atoms with Crippen LogP contribution in [0.15, 0.2) is 51.6 Å². The fraction of sp³-hybridized carbons (Fsp3) is 0.280. The molecule has 2 aliphatic rings. The van der Waals surface area contributed by atoms with Crippen LogP contribution in [0.3, 0.4) is 0 Å². The van der Waals surface area contributed by atoms with Gasteiger partial charge < -0.3 is 5.32 Å². The van der Waals surface area contributed by atoms with Crippen molar-refractivity contribution in [3.63, 3.8) is 0 Å². The van der Waals surface area contributed by atoms with Crippen LogP contribution in [0.5, 0.6) is 0 Å². The fourth-order valence-electron chi connectivity index (χ4n) is 4.68. The van der Waals surface area contributed by atoms with E-state index >= 15 is 0 Å². The number of Topliss-reactive ketones (excluding diaryl/α,β-unsaturated/α-hetero) is 1. The first kappa shape index (κ1) is 25.8. The number of carbonyl (C=O) groups is 2. The van der Waals surface area contributed by atoms with E-state index in [9.17, 15) is 9.59 Å². The third kappa shape index (κ3) is 4.98. The number of benzene rings is 2. The number of nitrogens with one attached hydrogen (secondary N) is 2. The summed E-state index contributed by atoms with van der Waals surface area (Å²) < 4.78 is 0.840. The van der Waals surface area contributed by atoms with Crippen LogP contribution in [0.4, 0.5) is 0 Å². The quantitative estimate of drug-likeness (QED) is 0.237. The highest BCUT2D eigenvalue weighted by Gasteiger charge is 2.43. The maximum atomic E-state index is 13.2. The molecule has 1 saturated carbocycles. The summed E-state index contributed by atoms with van der Waals surface area (Å²) >= 11 is 23.8. The first-order valence-corrected chi connectivity index (χ1v) is 14.1. The maximum Gasteiger partial charge on any atom is 0.230 e. The molecule has 0 aliphatic heterocycles. The van der Waals surface area contributed by atoms with E-state index in [0.29, 0.717) is 33.0 Å². The molecule has 11 heteroatoms. The molecule has 2 aromatic carbocycles. The average molecular weight is 627 g/mol. The van der Waals surface area contributed by atoms with Gasteiger partial charge in [-0.05, 0) is 48.7 Å². The van der Waals surface area contributed by atoms with Gasteiger partial charge in [0.05, 0.1) is 5.75 Å². The van der Waals surface area contributed by atoms with Crippen LogP contribution < -0.4 is 5.32 Å². The summed E-state index contributed by atoms with van der Waals surface area (Å²) in [5.41, 5.74) is 3.16. The number of amides is 1. The van der Waals surface area contributed by atoms with Gasteiger partial charge in [-0.25, -0.2) is 4.98 Å². The number of ketones is 1. The zero-order valence-corrected chi connectivity index (χ0v) is 23.6. The molecular formula is C25H20BrCl3N4O2S. The summed E-state index contributed by atoms with van der Waals surface area (Å²) in [6, 6.07) is 10.8. The van der Waals surface area contributed by atoms with Crippen molar-refractivity contribution in [3.8, 4) is 0 Å². The van der Waals surface area contributed by atoms with Gasteiger partial charge in [-0.3, -0.25) is 14.7 Å². The number of H-pyrrole nitrogens is 1. The van der Waals surface area contributed by atoms with Crippen molar-refractivity contribution in [3.05, 3.63) is 79.0 Å². The van der Waals surface area contributed by atoms with Crippen molar-refractivity contribution in [2.75, 3.05) is 5.75 Å². The van der Waals surface area contributed by atoms with Gasteiger partial charge in [-0.15, -0.1) is 16.7 Å². The number of rotatable bonds is 6. The monoisotopic (exact) mass is 624 g/mol. The molecule has 4 unspecified atom stereocenters. The van der Waals surface area contributed by atoms with Crippen molar-refractivity contribution in [2.24, 2.45) is 0 Å². The first-order chi connectivity index (χ1) is 17.2. The minimum atomic E-state index is -0.542. The number of alkyl halides is 1.